The van der Waals surface area contributed by atoms with Crippen LogP contribution in [0.15, 0.2) is 35.7 Å². The van der Waals surface area contributed by atoms with Gasteiger partial charge in [-0.2, -0.15) is 0 Å². The summed E-state index contributed by atoms with van der Waals surface area (Å²) >= 11 is 1.35. The SMILES string of the molecule is N=C(N)NC(C(=O)O)c1csc(-c2ccccc2)n1. The number of carboxylic acid groups (broad SMARTS) is 1. The van der Waals surface area contributed by atoms with Crippen LogP contribution < -0.4 is 11.1 Å². The Kier molecular flexibility index (Phi) is 3.76. The van der Waals surface area contributed by atoms with Gasteiger partial charge < -0.3 is 16.2 Å². The molecule has 0 radical (unpaired) electrons. The minimum Gasteiger partial charge on any atom is -0.479 e. The number of nitrogens with zero attached hydrogens (tertiary/aromatic N) is 1. The lowest BCUT2D eigenvalue weighted by Crippen LogP contribution is -2.38. The number of nitrogens with one attached hydrogen (secondary N) is 2. The molecule has 0 fully saturated rings. The molecule has 7 heteroatoms. The Labute approximate surface area is 113 Å². The van der Waals surface area contributed by atoms with Crippen LogP contribution in [0, 0.1) is 5.41 Å². The summed E-state index contributed by atoms with van der Waals surface area (Å²) in [6.45, 7) is 0. The molecule has 0 aliphatic rings. The van der Waals surface area contributed by atoms with E-state index in [1.165, 1.54) is 11.3 Å². The zero-order valence-corrected chi connectivity index (χ0v) is 10.6. The second-order valence-corrected chi connectivity index (χ2v) is 4.63. The van der Waals surface area contributed by atoms with Crippen molar-refractivity contribution >= 4 is 23.3 Å². The van der Waals surface area contributed by atoms with E-state index in [0.29, 0.717) is 5.69 Å². The highest BCUT2D eigenvalue weighted by Gasteiger charge is 2.23. The number of thiazole rings is 1. The highest BCUT2D eigenvalue weighted by molar-refractivity contribution is 7.13. The fourth-order valence-corrected chi connectivity index (χ4v) is 2.40. The van der Waals surface area contributed by atoms with Crippen LogP contribution in [0.1, 0.15) is 11.7 Å². The van der Waals surface area contributed by atoms with Crippen molar-refractivity contribution < 1.29 is 9.90 Å². The van der Waals surface area contributed by atoms with E-state index >= 15 is 0 Å². The third-order valence-corrected chi connectivity index (χ3v) is 3.29. The summed E-state index contributed by atoms with van der Waals surface area (Å²) in [7, 11) is 0. The van der Waals surface area contributed by atoms with Gasteiger partial charge in [0.25, 0.3) is 0 Å². The second-order valence-electron chi connectivity index (χ2n) is 3.77. The fraction of sp³-hybridized carbons (Fsp3) is 0.0833. The van der Waals surface area contributed by atoms with Gasteiger partial charge in [0.2, 0.25) is 0 Å². The average Bonchev–Trinajstić information content (AvgIpc) is 2.86. The predicted molar refractivity (Wildman–Crippen MR) is 73.0 cm³/mol. The average molecular weight is 276 g/mol. The topological polar surface area (TPSA) is 112 Å². The molecule has 98 valence electrons. The van der Waals surface area contributed by atoms with Gasteiger partial charge in [0, 0.05) is 10.9 Å². The first-order chi connectivity index (χ1) is 9.08. The molecule has 1 aromatic carbocycles. The molecule has 0 saturated carbocycles. The van der Waals surface area contributed by atoms with Crippen LogP contribution >= 0.6 is 11.3 Å². The molecule has 0 spiro atoms. The van der Waals surface area contributed by atoms with E-state index in [1.54, 1.807) is 5.38 Å². The monoisotopic (exact) mass is 276 g/mol. The lowest BCUT2D eigenvalue weighted by atomic mass is 10.2. The van der Waals surface area contributed by atoms with E-state index < -0.39 is 18.0 Å². The number of aliphatic carboxylic acids is 1. The fourth-order valence-electron chi connectivity index (χ4n) is 1.55. The van der Waals surface area contributed by atoms with Crippen molar-refractivity contribution in [1.82, 2.24) is 10.3 Å². The summed E-state index contributed by atoms with van der Waals surface area (Å²) in [6.07, 6.45) is 0. The number of benzene rings is 1. The van der Waals surface area contributed by atoms with E-state index in [4.69, 9.17) is 16.2 Å². The first-order valence-corrected chi connectivity index (χ1v) is 6.30. The molecule has 1 unspecified atom stereocenters. The molecule has 2 aromatic rings. The van der Waals surface area contributed by atoms with Crippen LogP contribution in [0.4, 0.5) is 0 Å². The second kappa shape index (κ2) is 5.49. The first kappa shape index (κ1) is 13.0. The first-order valence-electron chi connectivity index (χ1n) is 5.42. The smallest absolute Gasteiger partial charge is 0.332 e. The van der Waals surface area contributed by atoms with Gasteiger partial charge in [-0.25, -0.2) is 9.78 Å². The maximum Gasteiger partial charge on any atom is 0.332 e. The minimum absolute atomic E-state index is 0.339. The number of carbonyl (C=O) groups is 1. The highest BCUT2D eigenvalue weighted by Crippen LogP contribution is 2.26. The molecule has 0 aliphatic carbocycles. The molecule has 0 bridgehead atoms. The molecule has 1 atom stereocenters. The summed E-state index contributed by atoms with van der Waals surface area (Å²) in [6, 6.07) is 8.37. The summed E-state index contributed by atoms with van der Waals surface area (Å²) in [5, 5.41) is 21.0. The standard InChI is InChI=1S/C12H12N4O2S/c13-12(14)16-9(11(17)18)8-6-19-10(15-8)7-4-2-1-3-5-7/h1-6,9H,(H,17,18)(H4,13,14,16). The number of hydrogen-bond donors (Lipinski definition) is 4. The van der Waals surface area contributed by atoms with Crippen molar-refractivity contribution in [3.63, 3.8) is 0 Å². The van der Waals surface area contributed by atoms with Crippen LogP contribution in [0.2, 0.25) is 0 Å². The van der Waals surface area contributed by atoms with Crippen molar-refractivity contribution in [1.29, 1.82) is 5.41 Å². The van der Waals surface area contributed by atoms with E-state index in [1.807, 2.05) is 30.3 Å². The Bertz CT molecular complexity index is 597. The maximum absolute atomic E-state index is 11.1. The Hall–Kier alpha value is -2.41. The van der Waals surface area contributed by atoms with E-state index in [-0.39, 0.29) is 0 Å². The minimum atomic E-state index is -1.12. The Morgan fingerprint density at radius 1 is 1.42 bits per heavy atom. The molecule has 1 heterocycles. The Balaban J connectivity index is 2.29. The molecule has 0 saturated heterocycles. The molecule has 0 amide bonds. The number of carboxylic acids is 1. The number of rotatable bonds is 4. The molecular weight excluding hydrogens is 264 g/mol. The quantitative estimate of drug-likeness (QED) is 0.498. The van der Waals surface area contributed by atoms with Gasteiger partial charge in [-0.05, 0) is 0 Å². The van der Waals surface area contributed by atoms with E-state index in [2.05, 4.69) is 10.3 Å². The number of nitrogens with two attached hydrogens (primary N) is 1. The molecule has 19 heavy (non-hydrogen) atoms. The van der Waals surface area contributed by atoms with Gasteiger partial charge in [-0.15, -0.1) is 11.3 Å². The van der Waals surface area contributed by atoms with Gasteiger partial charge in [0.05, 0.1) is 5.69 Å². The van der Waals surface area contributed by atoms with Crippen molar-refractivity contribution in [2.45, 2.75) is 6.04 Å². The Morgan fingerprint density at radius 3 is 2.68 bits per heavy atom. The number of guanidine groups is 1. The molecule has 6 nitrogen and oxygen atoms in total. The maximum atomic E-state index is 11.1. The van der Waals surface area contributed by atoms with Crippen LogP contribution in [0.25, 0.3) is 10.6 Å². The largest absolute Gasteiger partial charge is 0.479 e. The lowest BCUT2D eigenvalue weighted by molar-refractivity contribution is -0.139. The highest BCUT2D eigenvalue weighted by atomic mass is 32.1. The third kappa shape index (κ3) is 3.08. The summed E-state index contributed by atoms with van der Waals surface area (Å²) in [5.41, 5.74) is 6.43. The van der Waals surface area contributed by atoms with Gasteiger partial charge in [-0.1, -0.05) is 30.3 Å². The van der Waals surface area contributed by atoms with Crippen molar-refractivity contribution in [2.75, 3.05) is 0 Å². The molecular formula is C12H12N4O2S. The van der Waals surface area contributed by atoms with Crippen molar-refractivity contribution in [3.05, 3.63) is 41.4 Å². The van der Waals surface area contributed by atoms with Crippen LogP contribution in [0.3, 0.4) is 0 Å². The van der Waals surface area contributed by atoms with Crippen LogP contribution in [-0.2, 0) is 4.79 Å². The number of hydrogen-bond acceptors (Lipinski definition) is 4. The van der Waals surface area contributed by atoms with E-state index in [0.717, 1.165) is 10.6 Å². The normalized spacial score (nSPS) is 11.8. The van der Waals surface area contributed by atoms with Crippen LogP contribution in [0.5, 0.6) is 0 Å². The molecule has 0 aliphatic heterocycles. The van der Waals surface area contributed by atoms with Gasteiger partial charge in [0.1, 0.15) is 5.01 Å². The Morgan fingerprint density at radius 2 is 2.11 bits per heavy atom. The molecule has 1 aromatic heterocycles. The summed E-state index contributed by atoms with van der Waals surface area (Å²) in [5.74, 6) is -1.53. The number of aromatic nitrogens is 1. The molecule has 2 rings (SSSR count). The van der Waals surface area contributed by atoms with Gasteiger partial charge >= 0.3 is 5.97 Å². The summed E-state index contributed by atoms with van der Waals surface area (Å²) < 4.78 is 0. The van der Waals surface area contributed by atoms with Gasteiger partial charge in [0.15, 0.2) is 12.0 Å². The van der Waals surface area contributed by atoms with Crippen LogP contribution in [-0.4, -0.2) is 22.0 Å². The zero-order valence-electron chi connectivity index (χ0n) is 9.83. The predicted octanol–water partition coefficient (Wildman–Crippen LogP) is 1.42. The lowest BCUT2D eigenvalue weighted by Gasteiger charge is -2.11. The van der Waals surface area contributed by atoms with Gasteiger partial charge in [-0.3, -0.25) is 5.41 Å². The zero-order chi connectivity index (χ0) is 13.8. The van der Waals surface area contributed by atoms with Crippen molar-refractivity contribution in [3.8, 4) is 10.6 Å². The third-order valence-electron chi connectivity index (χ3n) is 2.39. The summed E-state index contributed by atoms with van der Waals surface area (Å²) in [4.78, 5) is 15.4. The van der Waals surface area contributed by atoms with Crippen molar-refractivity contribution in [2.24, 2.45) is 5.73 Å². The van der Waals surface area contributed by atoms with E-state index in [9.17, 15) is 4.79 Å². The molecule has 5 N–H and O–H groups in total.